The molecule has 0 N–H and O–H groups in total. The predicted molar refractivity (Wildman–Crippen MR) is 30.1 cm³/mol. The van der Waals surface area contributed by atoms with Gasteiger partial charge in [-0.2, -0.15) is 0 Å². The zero-order valence-electron chi connectivity index (χ0n) is 4.46. The number of aldehydes is 1. The molecule has 0 spiro atoms. The van der Waals surface area contributed by atoms with Crippen LogP contribution in [-0.4, -0.2) is 12.6 Å². The SMILES string of the molecule is C=CCC([C]=O)C=O. The van der Waals surface area contributed by atoms with Gasteiger partial charge in [-0.15, -0.1) is 6.58 Å². The normalized spacial score (nSPS) is 8.62. The van der Waals surface area contributed by atoms with Gasteiger partial charge in [0.15, 0.2) is 0 Å². The average Bonchev–Trinajstić information content (AvgIpc) is 1.83. The molecule has 0 rings (SSSR count). The lowest BCUT2D eigenvalue weighted by atomic mass is 10.1. The Morgan fingerprint density at radius 2 is 2.38 bits per heavy atom. The van der Waals surface area contributed by atoms with Gasteiger partial charge in [-0.05, 0) is 6.42 Å². The standard InChI is InChI=1S/C6H7O2/c1-2-3-6(4-7)5-8/h2,4,6H,1,3H2. The number of allylic oxidation sites excluding steroid dienone is 1. The van der Waals surface area contributed by atoms with Crippen LogP contribution in [0.1, 0.15) is 6.42 Å². The second-order valence-corrected chi connectivity index (χ2v) is 1.38. The van der Waals surface area contributed by atoms with Crippen molar-refractivity contribution in [2.45, 2.75) is 6.42 Å². The van der Waals surface area contributed by atoms with Crippen molar-refractivity contribution >= 4 is 12.6 Å². The van der Waals surface area contributed by atoms with Crippen molar-refractivity contribution in [2.24, 2.45) is 5.92 Å². The van der Waals surface area contributed by atoms with Crippen LogP contribution in [0.3, 0.4) is 0 Å². The summed E-state index contributed by atoms with van der Waals surface area (Å²) in [6.45, 7) is 3.36. The molecule has 0 aromatic heterocycles. The van der Waals surface area contributed by atoms with Gasteiger partial charge in [0.1, 0.15) is 6.29 Å². The Labute approximate surface area is 48.2 Å². The van der Waals surface area contributed by atoms with E-state index in [9.17, 15) is 9.59 Å². The number of hydrogen-bond donors (Lipinski definition) is 0. The molecule has 0 amide bonds. The summed E-state index contributed by atoms with van der Waals surface area (Å²) in [4.78, 5) is 19.5. The Morgan fingerprint density at radius 1 is 1.75 bits per heavy atom. The van der Waals surface area contributed by atoms with Crippen LogP contribution in [0.25, 0.3) is 0 Å². The third-order valence-electron chi connectivity index (χ3n) is 0.736. The van der Waals surface area contributed by atoms with Gasteiger partial charge < -0.3 is 4.79 Å². The van der Waals surface area contributed by atoms with E-state index in [1.54, 1.807) is 6.29 Å². The van der Waals surface area contributed by atoms with Crippen molar-refractivity contribution in [3.8, 4) is 0 Å². The van der Waals surface area contributed by atoms with Crippen molar-refractivity contribution in [1.29, 1.82) is 0 Å². The third kappa shape index (κ3) is 2.29. The summed E-state index contributed by atoms with van der Waals surface area (Å²) >= 11 is 0. The van der Waals surface area contributed by atoms with Crippen LogP contribution in [0.4, 0.5) is 0 Å². The Kier molecular flexibility index (Phi) is 3.76. The maximum Gasteiger partial charge on any atom is 0.209 e. The lowest BCUT2D eigenvalue weighted by molar-refractivity contribution is -0.109. The van der Waals surface area contributed by atoms with Gasteiger partial charge in [0.05, 0.1) is 5.92 Å². The van der Waals surface area contributed by atoms with E-state index in [1.165, 1.54) is 6.08 Å². The van der Waals surface area contributed by atoms with Crippen LogP contribution in [0, 0.1) is 5.92 Å². The molecule has 0 aliphatic carbocycles. The molecule has 1 radical (unpaired) electrons. The second-order valence-electron chi connectivity index (χ2n) is 1.38. The van der Waals surface area contributed by atoms with Gasteiger partial charge in [-0.3, -0.25) is 4.79 Å². The predicted octanol–water partition coefficient (Wildman–Crippen LogP) is 0.487. The van der Waals surface area contributed by atoms with E-state index in [2.05, 4.69) is 6.58 Å². The molecule has 0 aliphatic heterocycles. The molecule has 0 saturated heterocycles. The zero-order valence-corrected chi connectivity index (χ0v) is 4.46. The van der Waals surface area contributed by atoms with Crippen molar-refractivity contribution < 1.29 is 9.59 Å². The number of hydrogen-bond acceptors (Lipinski definition) is 2. The summed E-state index contributed by atoms with van der Waals surface area (Å²) in [6, 6.07) is 0. The highest BCUT2D eigenvalue weighted by Gasteiger charge is 2.00. The van der Waals surface area contributed by atoms with Crippen molar-refractivity contribution in [1.82, 2.24) is 0 Å². The summed E-state index contributed by atoms with van der Waals surface area (Å²) < 4.78 is 0. The van der Waals surface area contributed by atoms with Crippen molar-refractivity contribution in [3.05, 3.63) is 12.7 Å². The van der Waals surface area contributed by atoms with E-state index >= 15 is 0 Å². The van der Waals surface area contributed by atoms with Crippen LogP contribution in [0.2, 0.25) is 0 Å². The molecule has 0 fully saturated rings. The van der Waals surface area contributed by atoms with Crippen LogP contribution in [0.15, 0.2) is 12.7 Å². The van der Waals surface area contributed by atoms with Crippen LogP contribution >= 0.6 is 0 Å². The molecule has 0 aliphatic rings. The first-order valence-electron chi connectivity index (χ1n) is 2.29. The van der Waals surface area contributed by atoms with E-state index in [0.717, 1.165) is 0 Å². The van der Waals surface area contributed by atoms with Crippen molar-refractivity contribution in [2.75, 3.05) is 0 Å². The molecule has 0 aromatic carbocycles. The maximum absolute atomic E-state index is 9.82. The van der Waals surface area contributed by atoms with Crippen LogP contribution in [-0.2, 0) is 9.59 Å². The number of rotatable bonds is 4. The fraction of sp³-hybridized carbons (Fsp3) is 0.333. The third-order valence-corrected chi connectivity index (χ3v) is 0.736. The Bertz CT molecular complexity index is 88.7. The first-order chi connectivity index (χ1) is 3.85. The second kappa shape index (κ2) is 4.24. The first-order valence-corrected chi connectivity index (χ1v) is 2.29. The molecule has 0 bridgehead atoms. The first kappa shape index (κ1) is 7.08. The number of carbonyl (C=O) groups excluding carboxylic acids is 2. The van der Waals surface area contributed by atoms with E-state index in [4.69, 9.17) is 0 Å². The Hall–Kier alpha value is -0.920. The lowest BCUT2D eigenvalue weighted by Gasteiger charge is -1.89. The van der Waals surface area contributed by atoms with E-state index in [-0.39, 0.29) is 0 Å². The van der Waals surface area contributed by atoms with Gasteiger partial charge in [0, 0.05) is 0 Å². The molecule has 1 unspecified atom stereocenters. The highest BCUT2D eigenvalue weighted by Crippen LogP contribution is 1.93. The van der Waals surface area contributed by atoms with Gasteiger partial charge >= 0.3 is 0 Å². The van der Waals surface area contributed by atoms with E-state index in [1.807, 2.05) is 0 Å². The topological polar surface area (TPSA) is 34.1 Å². The van der Waals surface area contributed by atoms with E-state index in [0.29, 0.717) is 12.7 Å². The summed E-state index contributed by atoms with van der Waals surface area (Å²) in [5.74, 6) is -0.604. The molecule has 2 heteroatoms. The molecule has 0 saturated carbocycles. The van der Waals surface area contributed by atoms with E-state index < -0.39 is 5.92 Å². The lowest BCUT2D eigenvalue weighted by Crippen LogP contribution is -2.00. The quantitative estimate of drug-likeness (QED) is 0.300. The highest BCUT2D eigenvalue weighted by molar-refractivity contribution is 5.77. The number of carbonyl (C=O) groups is 1. The molecule has 8 heavy (non-hydrogen) atoms. The molecular weight excluding hydrogens is 104 g/mol. The van der Waals surface area contributed by atoms with Crippen LogP contribution in [0.5, 0.6) is 0 Å². The average molecular weight is 111 g/mol. The van der Waals surface area contributed by atoms with Crippen LogP contribution < -0.4 is 0 Å². The van der Waals surface area contributed by atoms with Gasteiger partial charge in [-0.25, -0.2) is 0 Å². The van der Waals surface area contributed by atoms with Gasteiger partial charge in [0.2, 0.25) is 6.29 Å². The highest BCUT2D eigenvalue weighted by atomic mass is 16.1. The minimum atomic E-state index is -0.604. The fourth-order valence-corrected chi connectivity index (χ4v) is 0.311. The largest absolute Gasteiger partial charge is 0.303 e. The molecule has 0 aromatic rings. The van der Waals surface area contributed by atoms with Gasteiger partial charge in [-0.1, -0.05) is 6.08 Å². The van der Waals surface area contributed by atoms with Gasteiger partial charge in [0.25, 0.3) is 0 Å². The minimum absolute atomic E-state index is 0.396. The molecular formula is C6H7O2. The maximum atomic E-state index is 9.82. The molecule has 2 nitrogen and oxygen atoms in total. The summed E-state index contributed by atoms with van der Waals surface area (Å²) in [6.07, 6.45) is 4.04. The molecule has 43 valence electrons. The summed E-state index contributed by atoms with van der Waals surface area (Å²) in [7, 11) is 0. The zero-order chi connectivity index (χ0) is 6.41. The smallest absolute Gasteiger partial charge is 0.209 e. The Morgan fingerprint density at radius 3 is 2.50 bits per heavy atom. The minimum Gasteiger partial charge on any atom is -0.303 e. The fourth-order valence-electron chi connectivity index (χ4n) is 0.311. The summed E-state index contributed by atoms with van der Waals surface area (Å²) in [5.41, 5.74) is 0. The van der Waals surface area contributed by atoms with Crippen molar-refractivity contribution in [3.63, 3.8) is 0 Å². The Balaban J connectivity index is 3.50. The molecule has 0 heterocycles. The molecule has 1 atom stereocenters. The summed E-state index contributed by atoms with van der Waals surface area (Å²) in [5, 5.41) is 0. The monoisotopic (exact) mass is 111 g/mol.